The quantitative estimate of drug-likeness (QED) is 0.267. The summed E-state index contributed by atoms with van der Waals surface area (Å²) in [6, 6.07) is 35.0. The summed E-state index contributed by atoms with van der Waals surface area (Å²) >= 11 is 0. The van der Waals surface area contributed by atoms with Gasteiger partial charge in [-0.3, -0.25) is 4.79 Å². The van der Waals surface area contributed by atoms with Crippen molar-refractivity contribution >= 4 is 11.5 Å². The van der Waals surface area contributed by atoms with Gasteiger partial charge in [0.2, 0.25) is 0 Å². The van der Waals surface area contributed by atoms with Crippen LogP contribution in [-0.4, -0.2) is 12.3 Å². The Balaban J connectivity index is 1.54. The summed E-state index contributed by atoms with van der Waals surface area (Å²) in [5.41, 5.74) is 5.90. The summed E-state index contributed by atoms with van der Waals surface area (Å²) in [4.78, 5) is 15.0. The first-order chi connectivity index (χ1) is 16.6. The zero-order valence-corrected chi connectivity index (χ0v) is 19.0. The fourth-order valence-corrected chi connectivity index (χ4v) is 3.79. The van der Waals surface area contributed by atoms with Gasteiger partial charge in [0.25, 0.3) is 0 Å². The lowest BCUT2D eigenvalue weighted by molar-refractivity contribution is 0.103. The van der Waals surface area contributed by atoms with Crippen molar-refractivity contribution in [2.24, 2.45) is 0 Å². The van der Waals surface area contributed by atoms with E-state index in [1.165, 1.54) is 5.56 Å². The van der Waals surface area contributed by atoms with Crippen molar-refractivity contribution < 1.29 is 4.79 Å². The van der Waals surface area contributed by atoms with E-state index in [-0.39, 0.29) is 5.78 Å². The van der Waals surface area contributed by atoms with E-state index in [0.717, 1.165) is 16.8 Å². The molecule has 0 unspecified atom stereocenters. The van der Waals surface area contributed by atoms with Gasteiger partial charge in [-0.15, -0.1) is 0 Å². The number of nitrogens with zero attached hydrogens (tertiary/aromatic N) is 2. The molecule has 0 amide bonds. The molecule has 0 bridgehead atoms. The first-order valence-corrected chi connectivity index (χ1v) is 11.1. The molecule has 3 heteroatoms. The van der Waals surface area contributed by atoms with Crippen LogP contribution in [0.4, 0.5) is 5.69 Å². The standard InChI is InChI=1S/C31H24N2O/c1-24-20-25(17-18-30(24)31(34)28-14-6-3-7-15-28)13-9-19-33(23-26-10-4-2-5-11-26)29-16-8-12-27(21-29)22-32/h2-8,10-12,14-18,20-21H,19,23H2,1H3. The zero-order valence-electron chi connectivity index (χ0n) is 19.0. The van der Waals surface area contributed by atoms with E-state index in [1.54, 1.807) is 6.07 Å². The predicted octanol–water partition coefficient (Wildman–Crippen LogP) is 6.16. The van der Waals surface area contributed by atoms with Crippen molar-refractivity contribution in [3.8, 4) is 17.9 Å². The fourth-order valence-electron chi connectivity index (χ4n) is 3.79. The molecule has 4 aromatic rings. The molecule has 0 atom stereocenters. The molecular weight excluding hydrogens is 416 g/mol. The Labute approximate surface area is 200 Å². The molecule has 0 saturated carbocycles. The normalized spacial score (nSPS) is 10.0. The molecule has 0 saturated heterocycles. The van der Waals surface area contributed by atoms with Crippen LogP contribution in [0.3, 0.4) is 0 Å². The number of anilines is 1. The molecule has 4 aromatic carbocycles. The van der Waals surface area contributed by atoms with Gasteiger partial charge < -0.3 is 4.90 Å². The number of benzene rings is 4. The highest BCUT2D eigenvalue weighted by atomic mass is 16.1. The Bertz CT molecular complexity index is 1390. The molecule has 0 heterocycles. The van der Waals surface area contributed by atoms with Gasteiger partial charge in [-0.25, -0.2) is 0 Å². The van der Waals surface area contributed by atoms with Gasteiger partial charge in [0.1, 0.15) is 0 Å². The molecule has 0 spiro atoms. The SMILES string of the molecule is Cc1cc(C#CCN(Cc2ccccc2)c2cccc(C#N)c2)ccc1C(=O)c1ccccc1. The first-order valence-electron chi connectivity index (χ1n) is 11.1. The zero-order chi connectivity index (χ0) is 23.8. The van der Waals surface area contributed by atoms with Crippen molar-refractivity contribution in [3.05, 3.63) is 137 Å². The van der Waals surface area contributed by atoms with Gasteiger partial charge in [-0.05, 0) is 54.4 Å². The van der Waals surface area contributed by atoms with Crippen LogP contribution in [0.25, 0.3) is 0 Å². The number of rotatable bonds is 6. The smallest absolute Gasteiger partial charge is 0.193 e. The maximum Gasteiger partial charge on any atom is 0.193 e. The maximum absolute atomic E-state index is 12.8. The van der Waals surface area contributed by atoms with Crippen molar-refractivity contribution in [1.29, 1.82) is 5.26 Å². The molecule has 0 aliphatic heterocycles. The van der Waals surface area contributed by atoms with Crippen LogP contribution in [0.5, 0.6) is 0 Å². The van der Waals surface area contributed by atoms with E-state index in [0.29, 0.717) is 29.8 Å². The molecule has 0 aromatic heterocycles. The van der Waals surface area contributed by atoms with Crippen LogP contribution in [0.1, 0.15) is 38.2 Å². The third-order valence-corrected chi connectivity index (χ3v) is 5.57. The summed E-state index contributed by atoms with van der Waals surface area (Å²) in [6.07, 6.45) is 0. The Morgan fingerprint density at radius 2 is 1.56 bits per heavy atom. The number of nitriles is 1. The van der Waals surface area contributed by atoms with E-state index in [4.69, 9.17) is 0 Å². The maximum atomic E-state index is 12.8. The number of ketones is 1. The lowest BCUT2D eigenvalue weighted by Gasteiger charge is -2.22. The average Bonchev–Trinajstić information content (AvgIpc) is 2.89. The van der Waals surface area contributed by atoms with E-state index >= 15 is 0 Å². The molecule has 34 heavy (non-hydrogen) atoms. The Hall–Kier alpha value is -4.60. The lowest BCUT2D eigenvalue weighted by Crippen LogP contribution is -2.23. The Morgan fingerprint density at radius 1 is 0.824 bits per heavy atom. The van der Waals surface area contributed by atoms with Gasteiger partial charge >= 0.3 is 0 Å². The topological polar surface area (TPSA) is 44.1 Å². The molecule has 164 valence electrons. The second kappa shape index (κ2) is 10.8. The number of carbonyl (C=O) groups excluding carboxylic acids is 1. The van der Waals surface area contributed by atoms with Crippen LogP contribution in [0.2, 0.25) is 0 Å². The largest absolute Gasteiger partial charge is 0.356 e. The highest BCUT2D eigenvalue weighted by Gasteiger charge is 2.11. The van der Waals surface area contributed by atoms with E-state index in [1.807, 2.05) is 91.9 Å². The Kier molecular flexibility index (Phi) is 7.19. The number of aryl methyl sites for hydroxylation is 1. The summed E-state index contributed by atoms with van der Waals surface area (Å²) in [5.74, 6) is 6.53. The minimum absolute atomic E-state index is 0.0176. The fraction of sp³-hybridized carbons (Fsp3) is 0.0968. The van der Waals surface area contributed by atoms with Crippen molar-refractivity contribution in [2.45, 2.75) is 13.5 Å². The van der Waals surface area contributed by atoms with Crippen LogP contribution < -0.4 is 4.90 Å². The first kappa shape index (κ1) is 22.6. The van der Waals surface area contributed by atoms with Crippen LogP contribution in [-0.2, 0) is 6.54 Å². The second-order valence-electron chi connectivity index (χ2n) is 8.03. The molecule has 4 rings (SSSR count). The number of hydrogen-bond acceptors (Lipinski definition) is 3. The molecule has 0 radical (unpaired) electrons. The third kappa shape index (κ3) is 5.60. The van der Waals surface area contributed by atoms with Crippen molar-refractivity contribution in [3.63, 3.8) is 0 Å². The lowest BCUT2D eigenvalue weighted by atomic mass is 9.97. The average molecular weight is 441 g/mol. The molecule has 0 aliphatic rings. The van der Waals surface area contributed by atoms with Gasteiger partial charge in [-0.1, -0.05) is 78.6 Å². The van der Waals surface area contributed by atoms with E-state index in [2.05, 4.69) is 34.9 Å². The summed E-state index contributed by atoms with van der Waals surface area (Å²) in [7, 11) is 0. The summed E-state index contributed by atoms with van der Waals surface area (Å²) < 4.78 is 0. The van der Waals surface area contributed by atoms with Crippen LogP contribution >= 0.6 is 0 Å². The van der Waals surface area contributed by atoms with Crippen LogP contribution in [0.15, 0.2) is 103 Å². The second-order valence-corrected chi connectivity index (χ2v) is 8.03. The van der Waals surface area contributed by atoms with Crippen molar-refractivity contribution in [2.75, 3.05) is 11.4 Å². The number of carbonyl (C=O) groups is 1. The minimum Gasteiger partial charge on any atom is -0.356 e. The Morgan fingerprint density at radius 3 is 2.26 bits per heavy atom. The summed E-state index contributed by atoms with van der Waals surface area (Å²) in [5, 5.41) is 9.30. The molecule has 0 aliphatic carbocycles. The molecular formula is C31H24N2O. The van der Waals surface area contributed by atoms with E-state index in [9.17, 15) is 10.1 Å². The minimum atomic E-state index is 0.0176. The predicted molar refractivity (Wildman–Crippen MR) is 137 cm³/mol. The van der Waals surface area contributed by atoms with E-state index < -0.39 is 0 Å². The van der Waals surface area contributed by atoms with Crippen molar-refractivity contribution in [1.82, 2.24) is 0 Å². The van der Waals surface area contributed by atoms with Gasteiger partial charge in [0.15, 0.2) is 5.78 Å². The highest BCUT2D eigenvalue weighted by molar-refractivity contribution is 6.09. The van der Waals surface area contributed by atoms with Gasteiger partial charge in [-0.2, -0.15) is 5.26 Å². The third-order valence-electron chi connectivity index (χ3n) is 5.57. The molecule has 0 N–H and O–H groups in total. The number of hydrogen-bond donors (Lipinski definition) is 0. The monoisotopic (exact) mass is 440 g/mol. The summed E-state index contributed by atoms with van der Waals surface area (Å²) in [6.45, 7) is 3.14. The highest BCUT2D eigenvalue weighted by Crippen LogP contribution is 2.19. The molecule has 0 fully saturated rings. The van der Waals surface area contributed by atoms with Gasteiger partial charge in [0, 0.05) is 28.9 Å². The molecule has 3 nitrogen and oxygen atoms in total. The van der Waals surface area contributed by atoms with Crippen LogP contribution in [0, 0.1) is 30.1 Å². The van der Waals surface area contributed by atoms with Gasteiger partial charge in [0.05, 0.1) is 18.2 Å².